The summed E-state index contributed by atoms with van der Waals surface area (Å²) in [6.45, 7) is 7.40. The van der Waals surface area contributed by atoms with Crippen LogP contribution >= 0.6 is 0 Å². The first-order chi connectivity index (χ1) is 13.2. The number of hydrogen-bond acceptors (Lipinski definition) is 7. The molecule has 1 heterocycles. The van der Waals surface area contributed by atoms with Crippen LogP contribution in [0.15, 0.2) is 28.8 Å². The average Bonchev–Trinajstić information content (AvgIpc) is 3.09. The number of methoxy groups -OCH3 is 1. The Balaban J connectivity index is 2.05. The van der Waals surface area contributed by atoms with Crippen molar-refractivity contribution < 1.29 is 19.0 Å². The van der Waals surface area contributed by atoms with Crippen LogP contribution in [0.5, 0.6) is 0 Å². The van der Waals surface area contributed by atoms with Crippen LogP contribution in [-0.4, -0.2) is 52.7 Å². The van der Waals surface area contributed by atoms with Gasteiger partial charge in [0.1, 0.15) is 0 Å². The van der Waals surface area contributed by atoms with Crippen molar-refractivity contribution >= 4 is 11.6 Å². The maximum atomic E-state index is 12.6. The SMILES string of the molecule is COCCN(CCc1nc(-c2cccc([N+](=O)[O-])c2)no1)C(=O)CC(C)(C)C. The molecule has 2 aromatic rings. The van der Waals surface area contributed by atoms with Crippen molar-refractivity contribution in [2.24, 2.45) is 5.41 Å². The van der Waals surface area contributed by atoms with Gasteiger partial charge in [0.15, 0.2) is 0 Å². The Bertz CT molecular complexity index is 813. The molecule has 1 aromatic carbocycles. The summed E-state index contributed by atoms with van der Waals surface area (Å²) < 4.78 is 10.4. The van der Waals surface area contributed by atoms with Crippen molar-refractivity contribution in [3.05, 3.63) is 40.3 Å². The molecule has 2 rings (SSSR count). The highest BCUT2D eigenvalue weighted by Crippen LogP contribution is 2.22. The number of hydrogen-bond donors (Lipinski definition) is 0. The van der Waals surface area contributed by atoms with Gasteiger partial charge in [-0.05, 0) is 5.41 Å². The molecule has 9 nitrogen and oxygen atoms in total. The van der Waals surface area contributed by atoms with Crippen LogP contribution in [0.2, 0.25) is 0 Å². The van der Waals surface area contributed by atoms with Gasteiger partial charge in [-0.25, -0.2) is 0 Å². The first-order valence-electron chi connectivity index (χ1n) is 9.04. The molecule has 0 spiro atoms. The average molecular weight is 390 g/mol. The van der Waals surface area contributed by atoms with Gasteiger partial charge >= 0.3 is 0 Å². The van der Waals surface area contributed by atoms with E-state index in [0.29, 0.717) is 44.0 Å². The minimum Gasteiger partial charge on any atom is -0.383 e. The van der Waals surface area contributed by atoms with Crippen molar-refractivity contribution in [2.75, 3.05) is 26.8 Å². The molecule has 0 aliphatic rings. The Morgan fingerprint density at radius 1 is 1.32 bits per heavy atom. The minimum atomic E-state index is -0.473. The molecule has 0 radical (unpaired) electrons. The number of nitro groups is 1. The second kappa shape index (κ2) is 9.41. The van der Waals surface area contributed by atoms with Crippen LogP contribution < -0.4 is 0 Å². The Morgan fingerprint density at radius 3 is 2.71 bits per heavy atom. The standard InChI is InChI=1S/C19H26N4O5/c1-19(2,3)13-17(24)22(10-11-27-4)9-8-16-20-18(21-28-16)14-6-5-7-15(12-14)23(25)26/h5-7,12H,8-11,13H2,1-4H3. The van der Waals surface area contributed by atoms with Gasteiger partial charge in [0, 0.05) is 50.7 Å². The van der Waals surface area contributed by atoms with Gasteiger partial charge in [-0.15, -0.1) is 0 Å². The summed E-state index contributed by atoms with van der Waals surface area (Å²) in [5, 5.41) is 14.8. The number of non-ortho nitro benzene ring substituents is 1. The number of carbonyl (C=O) groups excluding carboxylic acids is 1. The number of benzene rings is 1. The molecular formula is C19H26N4O5. The van der Waals surface area contributed by atoms with Gasteiger partial charge in [0.05, 0.1) is 11.5 Å². The van der Waals surface area contributed by atoms with E-state index in [0.717, 1.165) is 0 Å². The third-order valence-corrected chi connectivity index (χ3v) is 3.98. The van der Waals surface area contributed by atoms with Gasteiger partial charge in [0.25, 0.3) is 5.69 Å². The van der Waals surface area contributed by atoms with Crippen LogP contribution in [0.1, 0.15) is 33.1 Å². The molecule has 28 heavy (non-hydrogen) atoms. The van der Waals surface area contributed by atoms with E-state index in [1.807, 2.05) is 20.8 Å². The predicted molar refractivity (Wildman–Crippen MR) is 103 cm³/mol. The van der Waals surface area contributed by atoms with Crippen molar-refractivity contribution in [1.29, 1.82) is 0 Å². The maximum absolute atomic E-state index is 12.6. The van der Waals surface area contributed by atoms with E-state index >= 15 is 0 Å². The molecule has 0 saturated carbocycles. The summed E-state index contributed by atoms with van der Waals surface area (Å²) in [5.41, 5.74) is 0.355. The Hall–Kier alpha value is -2.81. The number of carbonyl (C=O) groups is 1. The largest absolute Gasteiger partial charge is 0.383 e. The molecule has 9 heteroatoms. The third kappa shape index (κ3) is 6.41. The molecule has 1 amide bonds. The molecular weight excluding hydrogens is 364 g/mol. The molecule has 0 unspecified atom stereocenters. The second-order valence-corrected chi connectivity index (χ2v) is 7.68. The molecule has 0 atom stereocenters. The fourth-order valence-electron chi connectivity index (χ4n) is 2.59. The lowest BCUT2D eigenvalue weighted by atomic mass is 9.91. The Kier molecular flexibility index (Phi) is 7.22. The van der Waals surface area contributed by atoms with Gasteiger partial charge in [-0.1, -0.05) is 38.1 Å². The first kappa shape index (κ1) is 21.5. The van der Waals surface area contributed by atoms with Crippen LogP contribution in [0, 0.1) is 15.5 Å². The summed E-state index contributed by atoms with van der Waals surface area (Å²) in [5.74, 6) is 0.693. The molecule has 0 N–H and O–H groups in total. The van der Waals surface area contributed by atoms with Gasteiger partial charge in [-0.3, -0.25) is 14.9 Å². The lowest BCUT2D eigenvalue weighted by molar-refractivity contribution is -0.384. The Morgan fingerprint density at radius 2 is 2.07 bits per heavy atom. The van der Waals surface area contributed by atoms with Crippen LogP contribution in [0.4, 0.5) is 5.69 Å². The van der Waals surface area contributed by atoms with Crippen molar-refractivity contribution in [1.82, 2.24) is 15.0 Å². The fourth-order valence-corrected chi connectivity index (χ4v) is 2.59. The second-order valence-electron chi connectivity index (χ2n) is 7.68. The van der Waals surface area contributed by atoms with E-state index in [1.165, 1.54) is 12.1 Å². The monoisotopic (exact) mass is 390 g/mol. The van der Waals surface area contributed by atoms with Crippen LogP contribution in [0.3, 0.4) is 0 Å². The van der Waals surface area contributed by atoms with Gasteiger partial charge in [-0.2, -0.15) is 4.98 Å². The predicted octanol–water partition coefficient (Wildman–Crippen LogP) is 3.10. The smallest absolute Gasteiger partial charge is 0.270 e. The van der Waals surface area contributed by atoms with Gasteiger partial charge < -0.3 is 14.2 Å². The molecule has 0 aliphatic carbocycles. The van der Waals surface area contributed by atoms with Crippen LogP contribution in [0.25, 0.3) is 11.4 Å². The summed E-state index contributed by atoms with van der Waals surface area (Å²) >= 11 is 0. The summed E-state index contributed by atoms with van der Waals surface area (Å²) in [6.07, 6.45) is 0.820. The van der Waals surface area contributed by atoms with E-state index < -0.39 is 4.92 Å². The summed E-state index contributed by atoms with van der Waals surface area (Å²) in [7, 11) is 1.59. The molecule has 152 valence electrons. The van der Waals surface area contributed by atoms with Crippen molar-refractivity contribution in [2.45, 2.75) is 33.6 Å². The van der Waals surface area contributed by atoms with E-state index in [9.17, 15) is 14.9 Å². The summed E-state index contributed by atoms with van der Waals surface area (Å²) in [4.78, 5) is 29.0. The molecule has 0 saturated heterocycles. The van der Waals surface area contributed by atoms with E-state index in [1.54, 1.807) is 24.1 Å². The number of nitro benzene ring substituents is 1. The minimum absolute atomic E-state index is 0.0395. The number of aromatic nitrogens is 2. The van der Waals surface area contributed by atoms with E-state index in [2.05, 4.69) is 10.1 Å². The fraction of sp³-hybridized carbons (Fsp3) is 0.526. The summed E-state index contributed by atoms with van der Waals surface area (Å²) in [6, 6.07) is 6.05. The number of rotatable bonds is 9. The van der Waals surface area contributed by atoms with Crippen molar-refractivity contribution in [3.8, 4) is 11.4 Å². The topological polar surface area (TPSA) is 112 Å². The zero-order valence-corrected chi connectivity index (χ0v) is 16.7. The molecule has 0 bridgehead atoms. The van der Waals surface area contributed by atoms with Crippen molar-refractivity contribution in [3.63, 3.8) is 0 Å². The quantitative estimate of drug-likeness (QED) is 0.478. The maximum Gasteiger partial charge on any atom is 0.270 e. The molecule has 0 aliphatic heterocycles. The number of amides is 1. The number of nitrogens with zero attached hydrogens (tertiary/aromatic N) is 4. The zero-order chi connectivity index (χ0) is 20.7. The van der Waals surface area contributed by atoms with Gasteiger partial charge in [0.2, 0.25) is 17.6 Å². The third-order valence-electron chi connectivity index (χ3n) is 3.98. The molecule has 0 fully saturated rings. The lowest BCUT2D eigenvalue weighted by Crippen LogP contribution is -2.37. The lowest BCUT2D eigenvalue weighted by Gasteiger charge is -2.26. The molecule has 1 aromatic heterocycles. The highest BCUT2D eigenvalue weighted by molar-refractivity contribution is 5.76. The normalized spacial score (nSPS) is 11.4. The van der Waals surface area contributed by atoms with E-state index in [-0.39, 0.29) is 22.8 Å². The Labute approximate surface area is 163 Å². The zero-order valence-electron chi connectivity index (χ0n) is 16.7. The number of ether oxygens (including phenoxy) is 1. The highest BCUT2D eigenvalue weighted by Gasteiger charge is 2.22. The first-order valence-corrected chi connectivity index (χ1v) is 9.04. The van der Waals surface area contributed by atoms with Crippen LogP contribution in [-0.2, 0) is 16.0 Å². The van der Waals surface area contributed by atoms with E-state index in [4.69, 9.17) is 9.26 Å². The highest BCUT2D eigenvalue weighted by atomic mass is 16.6.